The molecule has 0 atom stereocenters. The lowest BCUT2D eigenvalue weighted by Gasteiger charge is -2.09. The average Bonchev–Trinajstić information content (AvgIpc) is 3.18. The minimum Gasteiger partial charge on any atom is -0.397 e. The fraction of sp³-hybridized carbons (Fsp3) is 0.688. The van der Waals surface area contributed by atoms with Crippen LogP contribution in [-0.4, -0.2) is 31.4 Å². The Balaban J connectivity index is 2.12. The Hall–Kier alpha value is -1.23. The van der Waals surface area contributed by atoms with Crippen LogP contribution in [0.4, 0.5) is 10.7 Å². The molecule has 0 radical (unpaired) electrons. The highest BCUT2D eigenvalue weighted by Gasteiger charge is 2.33. The van der Waals surface area contributed by atoms with Crippen molar-refractivity contribution >= 4 is 27.9 Å². The second-order valence-corrected chi connectivity index (χ2v) is 7.54. The van der Waals surface area contributed by atoms with Crippen molar-refractivity contribution in [3.05, 3.63) is 10.4 Å². The molecule has 0 spiro atoms. The molecule has 0 bridgehead atoms. The van der Waals surface area contributed by atoms with Gasteiger partial charge in [-0.15, -0.1) is 11.3 Å². The summed E-state index contributed by atoms with van der Waals surface area (Å²) in [5.41, 5.74) is 8.15. The van der Waals surface area contributed by atoms with E-state index in [1.54, 1.807) is 19.0 Å². The Morgan fingerprint density at radius 2 is 2.10 bits per heavy atom. The smallest absolute Gasteiger partial charge is 0.265 e. The summed E-state index contributed by atoms with van der Waals surface area (Å²) >= 11 is 1.52. The fourth-order valence-electron chi connectivity index (χ4n) is 2.44. The highest BCUT2D eigenvalue weighted by molar-refractivity contribution is 7.18. The molecule has 21 heavy (non-hydrogen) atoms. The van der Waals surface area contributed by atoms with Crippen molar-refractivity contribution in [2.45, 2.75) is 45.4 Å². The van der Waals surface area contributed by atoms with Crippen molar-refractivity contribution in [2.24, 2.45) is 5.92 Å². The molecule has 1 heterocycles. The van der Waals surface area contributed by atoms with Gasteiger partial charge < -0.3 is 16.0 Å². The number of thiophene rings is 1. The summed E-state index contributed by atoms with van der Waals surface area (Å²) in [6, 6.07) is 0. The Bertz CT molecular complexity index is 504. The Kier molecular flexibility index (Phi) is 5.14. The molecule has 118 valence electrons. The van der Waals surface area contributed by atoms with E-state index in [0.29, 0.717) is 16.5 Å². The second kappa shape index (κ2) is 6.69. The zero-order valence-electron chi connectivity index (χ0n) is 13.5. The van der Waals surface area contributed by atoms with Crippen molar-refractivity contribution in [3.63, 3.8) is 0 Å². The van der Waals surface area contributed by atoms with Crippen LogP contribution in [0.25, 0.3) is 0 Å². The van der Waals surface area contributed by atoms with Gasteiger partial charge in [-0.2, -0.15) is 0 Å². The van der Waals surface area contributed by atoms with Crippen LogP contribution < -0.4 is 11.1 Å². The maximum Gasteiger partial charge on any atom is 0.265 e. The largest absolute Gasteiger partial charge is 0.397 e. The van der Waals surface area contributed by atoms with Gasteiger partial charge in [-0.1, -0.05) is 13.8 Å². The van der Waals surface area contributed by atoms with Crippen molar-refractivity contribution in [3.8, 4) is 0 Å². The normalized spacial score (nSPS) is 14.5. The number of anilines is 2. The molecule has 1 aromatic rings. The monoisotopic (exact) mass is 309 g/mol. The number of carbonyl (C=O) groups is 1. The molecule has 1 fully saturated rings. The molecule has 5 heteroatoms. The number of nitrogens with two attached hydrogens (primary N) is 1. The SMILES string of the molecule is CC(C)CCCNc1sc(C(=O)N(C)C)c(N)c1C1CC1. The minimum atomic E-state index is 0.00892. The van der Waals surface area contributed by atoms with Crippen molar-refractivity contribution in [2.75, 3.05) is 31.7 Å². The summed E-state index contributed by atoms with van der Waals surface area (Å²) < 4.78 is 0. The number of hydrogen-bond acceptors (Lipinski definition) is 4. The van der Waals surface area contributed by atoms with Crippen LogP contribution >= 0.6 is 11.3 Å². The molecule has 1 aliphatic carbocycles. The highest BCUT2D eigenvalue weighted by atomic mass is 32.1. The van der Waals surface area contributed by atoms with Gasteiger partial charge in [0.15, 0.2) is 0 Å². The van der Waals surface area contributed by atoms with E-state index in [-0.39, 0.29) is 5.91 Å². The molecular weight excluding hydrogens is 282 g/mol. The topological polar surface area (TPSA) is 58.4 Å². The fourth-order valence-corrected chi connectivity index (χ4v) is 3.69. The predicted molar refractivity (Wildman–Crippen MR) is 91.3 cm³/mol. The van der Waals surface area contributed by atoms with E-state index >= 15 is 0 Å². The molecule has 1 amide bonds. The second-order valence-electron chi connectivity index (χ2n) is 6.52. The summed E-state index contributed by atoms with van der Waals surface area (Å²) in [6.07, 6.45) is 4.75. The van der Waals surface area contributed by atoms with Crippen LogP contribution in [0.15, 0.2) is 0 Å². The zero-order chi connectivity index (χ0) is 15.6. The van der Waals surface area contributed by atoms with E-state index in [1.165, 1.54) is 36.2 Å². The third kappa shape index (κ3) is 3.90. The number of carbonyl (C=O) groups excluding carboxylic acids is 1. The minimum absolute atomic E-state index is 0.00892. The average molecular weight is 309 g/mol. The Labute approximate surface area is 131 Å². The van der Waals surface area contributed by atoms with E-state index in [0.717, 1.165) is 23.9 Å². The lowest BCUT2D eigenvalue weighted by Crippen LogP contribution is -2.21. The maximum atomic E-state index is 12.2. The summed E-state index contributed by atoms with van der Waals surface area (Å²) in [5, 5.41) is 4.63. The number of nitrogens with one attached hydrogen (secondary N) is 1. The number of nitrogens with zero attached hydrogens (tertiary/aromatic N) is 1. The summed E-state index contributed by atoms with van der Waals surface area (Å²) in [6.45, 7) is 5.44. The molecular formula is C16H27N3OS. The Morgan fingerprint density at radius 1 is 1.43 bits per heavy atom. The molecule has 3 N–H and O–H groups in total. The molecule has 0 unspecified atom stereocenters. The molecule has 1 aromatic heterocycles. The molecule has 4 nitrogen and oxygen atoms in total. The standard InChI is InChI=1S/C16H27N3OS/c1-10(2)6-5-9-18-15-12(11-7-8-11)13(17)14(21-15)16(20)19(3)4/h10-11,18H,5-9,17H2,1-4H3. The number of nitrogen functional groups attached to an aromatic ring is 1. The number of hydrogen-bond donors (Lipinski definition) is 2. The first-order valence-corrected chi connectivity index (χ1v) is 8.61. The third-order valence-electron chi connectivity index (χ3n) is 3.81. The van der Waals surface area contributed by atoms with Gasteiger partial charge in [-0.3, -0.25) is 4.79 Å². The van der Waals surface area contributed by atoms with Gasteiger partial charge in [0.25, 0.3) is 5.91 Å². The molecule has 0 aliphatic heterocycles. The lowest BCUT2D eigenvalue weighted by atomic mass is 10.1. The molecule has 1 saturated carbocycles. The van der Waals surface area contributed by atoms with E-state index in [2.05, 4.69) is 19.2 Å². The van der Waals surface area contributed by atoms with Crippen LogP contribution in [0.2, 0.25) is 0 Å². The van der Waals surface area contributed by atoms with E-state index in [1.807, 2.05) is 0 Å². The predicted octanol–water partition coefficient (Wildman–Crippen LogP) is 3.76. The summed E-state index contributed by atoms with van der Waals surface area (Å²) in [4.78, 5) is 14.5. The molecule has 0 aromatic carbocycles. The van der Waals surface area contributed by atoms with Crippen molar-refractivity contribution in [1.29, 1.82) is 0 Å². The van der Waals surface area contributed by atoms with Gasteiger partial charge in [0.1, 0.15) is 4.88 Å². The zero-order valence-corrected chi connectivity index (χ0v) is 14.3. The lowest BCUT2D eigenvalue weighted by molar-refractivity contribution is 0.0833. The van der Waals surface area contributed by atoms with Gasteiger partial charge in [0, 0.05) is 26.2 Å². The van der Waals surface area contributed by atoms with E-state index in [4.69, 9.17) is 5.73 Å². The number of amides is 1. The van der Waals surface area contributed by atoms with Gasteiger partial charge in [0.2, 0.25) is 0 Å². The van der Waals surface area contributed by atoms with Crippen LogP contribution in [0, 0.1) is 5.92 Å². The van der Waals surface area contributed by atoms with Crippen LogP contribution in [0.1, 0.15) is 60.7 Å². The van der Waals surface area contributed by atoms with Gasteiger partial charge in [0.05, 0.1) is 10.7 Å². The van der Waals surface area contributed by atoms with Gasteiger partial charge in [-0.05, 0) is 37.5 Å². The first-order valence-electron chi connectivity index (χ1n) is 7.79. The van der Waals surface area contributed by atoms with Crippen molar-refractivity contribution < 1.29 is 4.79 Å². The van der Waals surface area contributed by atoms with E-state index in [9.17, 15) is 4.79 Å². The summed E-state index contributed by atoms with van der Waals surface area (Å²) in [5.74, 6) is 1.29. The van der Waals surface area contributed by atoms with Crippen LogP contribution in [0.3, 0.4) is 0 Å². The molecule has 0 saturated heterocycles. The maximum absolute atomic E-state index is 12.2. The Morgan fingerprint density at radius 3 is 2.62 bits per heavy atom. The first kappa shape index (κ1) is 16.1. The van der Waals surface area contributed by atoms with E-state index < -0.39 is 0 Å². The summed E-state index contributed by atoms with van der Waals surface area (Å²) in [7, 11) is 3.54. The van der Waals surface area contributed by atoms with Crippen molar-refractivity contribution in [1.82, 2.24) is 4.90 Å². The first-order chi connectivity index (χ1) is 9.91. The highest BCUT2D eigenvalue weighted by Crippen LogP contribution is 2.50. The van der Waals surface area contributed by atoms with Crippen LogP contribution in [0.5, 0.6) is 0 Å². The quantitative estimate of drug-likeness (QED) is 0.754. The molecule has 2 rings (SSSR count). The van der Waals surface area contributed by atoms with Crippen LogP contribution in [-0.2, 0) is 0 Å². The molecule has 1 aliphatic rings. The van der Waals surface area contributed by atoms with Gasteiger partial charge >= 0.3 is 0 Å². The van der Waals surface area contributed by atoms with Gasteiger partial charge in [-0.25, -0.2) is 0 Å². The third-order valence-corrected chi connectivity index (χ3v) is 4.98. The number of rotatable bonds is 7.